The fourth-order valence-corrected chi connectivity index (χ4v) is 4.08. The standard InChI is InChI=1S/C16H14O2S.C5H10O2S/c1-9-10(2)16-12(8-13(9)18-3)15(17)11-6-4-5-7-14(11)19-16;1-2-7-5(6)3-4-8/h4-8H,1-3H3;8H,2-4H2,1H3. The zero-order chi connectivity index (χ0) is 20.0. The summed E-state index contributed by atoms with van der Waals surface area (Å²) in [6.45, 7) is 6.33. The number of fused-ring (bicyclic) bond motifs is 2. The Morgan fingerprint density at radius 3 is 2.48 bits per heavy atom. The summed E-state index contributed by atoms with van der Waals surface area (Å²) in [7, 11) is 1.64. The lowest BCUT2D eigenvalue weighted by Gasteiger charge is -2.11. The van der Waals surface area contributed by atoms with Crippen LogP contribution < -0.4 is 10.2 Å². The van der Waals surface area contributed by atoms with Crippen LogP contribution in [-0.2, 0) is 9.53 Å². The Labute approximate surface area is 168 Å². The molecule has 2 aromatic carbocycles. The van der Waals surface area contributed by atoms with Crippen molar-refractivity contribution in [2.75, 3.05) is 19.5 Å². The van der Waals surface area contributed by atoms with E-state index in [1.807, 2.05) is 44.2 Å². The molecule has 0 spiro atoms. The Morgan fingerprint density at radius 2 is 1.85 bits per heavy atom. The van der Waals surface area contributed by atoms with Crippen LogP contribution >= 0.6 is 24.0 Å². The summed E-state index contributed by atoms with van der Waals surface area (Å²) in [5.74, 6) is 1.19. The zero-order valence-electron chi connectivity index (χ0n) is 16.0. The van der Waals surface area contributed by atoms with Gasteiger partial charge in [0.05, 0.1) is 20.1 Å². The molecule has 6 heteroatoms. The topological polar surface area (TPSA) is 52.6 Å². The zero-order valence-corrected chi connectivity index (χ0v) is 17.7. The third-order valence-electron chi connectivity index (χ3n) is 4.22. The predicted molar refractivity (Wildman–Crippen MR) is 117 cm³/mol. The first kappa shape index (κ1) is 21.3. The summed E-state index contributed by atoms with van der Waals surface area (Å²) in [5, 5.41) is 1.54. The Balaban J connectivity index is 0.000000279. The van der Waals surface area contributed by atoms with Crippen molar-refractivity contribution in [3.05, 3.63) is 51.7 Å². The lowest BCUT2D eigenvalue weighted by molar-refractivity contribution is -0.142. The molecular formula is C21H24O4S2. The summed E-state index contributed by atoms with van der Waals surface area (Å²) in [6.07, 6.45) is 0.414. The average molecular weight is 405 g/mol. The Morgan fingerprint density at radius 1 is 1.15 bits per heavy atom. The molecular weight excluding hydrogens is 380 g/mol. The van der Waals surface area contributed by atoms with E-state index in [2.05, 4.69) is 17.4 Å². The second kappa shape index (κ2) is 9.76. The minimum atomic E-state index is -0.164. The lowest BCUT2D eigenvalue weighted by atomic mass is 10.1. The SMILES string of the molecule is CCOC(=O)CCS.COc1cc2c(=O)c3ccccc3sc2c(C)c1C. The summed E-state index contributed by atoms with van der Waals surface area (Å²) < 4.78 is 12.1. The molecule has 0 fully saturated rings. The van der Waals surface area contributed by atoms with Crippen LogP contribution in [0.5, 0.6) is 5.75 Å². The average Bonchev–Trinajstić information content (AvgIpc) is 2.66. The number of carbonyl (C=O) groups excluding carboxylic acids is 1. The van der Waals surface area contributed by atoms with Crippen molar-refractivity contribution in [3.63, 3.8) is 0 Å². The molecule has 0 bridgehead atoms. The smallest absolute Gasteiger partial charge is 0.306 e. The molecule has 27 heavy (non-hydrogen) atoms. The minimum absolute atomic E-state index is 0.0887. The number of hydrogen-bond donors (Lipinski definition) is 1. The third-order valence-corrected chi connectivity index (χ3v) is 5.75. The van der Waals surface area contributed by atoms with Crippen molar-refractivity contribution in [2.24, 2.45) is 0 Å². The van der Waals surface area contributed by atoms with Crippen molar-refractivity contribution in [1.82, 2.24) is 0 Å². The van der Waals surface area contributed by atoms with Gasteiger partial charge in [-0.15, -0.1) is 11.3 Å². The Kier molecular flexibility index (Phi) is 7.68. The van der Waals surface area contributed by atoms with Gasteiger partial charge in [-0.3, -0.25) is 9.59 Å². The van der Waals surface area contributed by atoms with E-state index >= 15 is 0 Å². The van der Waals surface area contributed by atoms with Crippen LogP contribution in [0.1, 0.15) is 24.5 Å². The van der Waals surface area contributed by atoms with Crippen molar-refractivity contribution in [2.45, 2.75) is 27.2 Å². The van der Waals surface area contributed by atoms with Gasteiger partial charge in [-0.2, -0.15) is 12.6 Å². The normalized spacial score (nSPS) is 10.4. The maximum absolute atomic E-state index is 12.6. The van der Waals surface area contributed by atoms with Gasteiger partial charge in [0.2, 0.25) is 0 Å². The summed E-state index contributed by atoms with van der Waals surface area (Å²) >= 11 is 5.52. The molecule has 3 aromatic rings. The molecule has 0 N–H and O–H groups in total. The molecule has 4 nitrogen and oxygen atoms in total. The van der Waals surface area contributed by atoms with Gasteiger partial charge in [0, 0.05) is 25.9 Å². The number of benzene rings is 2. The molecule has 0 radical (unpaired) electrons. The molecule has 0 aliphatic carbocycles. The van der Waals surface area contributed by atoms with Crippen LogP contribution in [0.3, 0.4) is 0 Å². The van der Waals surface area contributed by atoms with Crippen LogP contribution in [0.2, 0.25) is 0 Å². The first-order valence-corrected chi connectivity index (χ1v) is 10.2. The van der Waals surface area contributed by atoms with Gasteiger partial charge in [-0.05, 0) is 50.1 Å². The fourth-order valence-electron chi connectivity index (χ4n) is 2.70. The van der Waals surface area contributed by atoms with E-state index in [0.717, 1.165) is 37.0 Å². The lowest BCUT2D eigenvalue weighted by Crippen LogP contribution is -2.03. The van der Waals surface area contributed by atoms with Gasteiger partial charge in [-0.25, -0.2) is 0 Å². The molecule has 0 aliphatic heterocycles. The summed E-state index contributed by atoms with van der Waals surface area (Å²) in [4.78, 5) is 22.9. The van der Waals surface area contributed by atoms with E-state index in [1.54, 1.807) is 25.4 Å². The molecule has 0 atom stereocenters. The Hall–Kier alpha value is -2.05. The van der Waals surface area contributed by atoms with Crippen molar-refractivity contribution < 1.29 is 14.3 Å². The number of esters is 1. The number of aryl methyl sites for hydroxylation is 1. The summed E-state index contributed by atoms with van der Waals surface area (Å²) in [5.41, 5.74) is 2.31. The number of rotatable bonds is 4. The number of ether oxygens (including phenoxy) is 2. The molecule has 1 aromatic heterocycles. The maximum atomic E-state index is 12.6. The van der Waals surface area contributed by atoms with Gasteiger partial charge in [0.15, 0.2) is 5.43 Å². The number of thiol groups is 1. The van der Waals surface area contributed by atoms with Crippen LogP contribution in [0, 0.1) is 13.8 Å². The van der Waals surface area contributed by atoms with Crippen molar-refractivity contribution in [3.8, 4) is 5.75 Å². The number of carbonyl (C=O) groups is 1. The van der Waals surface area contributed by atoms with E-state index in [0.29, 0.717) is 18.8 Å². The van der Waals surface area contributed by atoms with E-state index in [9.17, 15) is 9.59 Å². The predicted octanol–water partition coefficient (Wildman–Crippen LogP) is 4.91. The van der Waals surface area contributed by atoms with E-state index in [1.165, 1.54) is 0 Å². The van der Waals surface area contributed by atoms with Crippen molar-refractivity contribution in [1.29, 1.82) is 0 Å². The maximum Gasteiger partial charge on any atom is 0.306 e. The molecule has 0 saturated carbocycles. The first-order valence-electron chi connectivity index (χ1n) is 8.70. The third kappa shape index (κ3) is 4.82. The van der Waals surface area contributed by atoms with Gasteiger partial charge in [-0.1, -0.05) is 12.1 Å². The Bertz CT molecular complexity index is 1000. The second-order valence-electron chi connectivity index (χ2n) is 5.91. The monoisotopic (exact) mass is 404 g/mol. The number of methoxy groups -OCH3 is 1. The van der Waals surface area contributed by atoms with E-state index in [-0.39, 0.29) is 11.4 Å². The van der Waals surface area contributed by atoms with Crippen molar-refractivity contribution >= 4 is 50.1 Å². The number of hydrogen-bond acceptors (Lipinski definition) is 6. The molecule has 0 amide bonds. The highest BCUT2D eigenvalue weighted by Crippen LogP contribution is 2.33. The fraction of sp³-hybridized carbons (Fsp3) is 0.333. The molecule has 0 unspecified atom stereocenters. The van der Waals surface area contributed by atoms with Gasteiger partial charge < -0.3 is 9.47 Å². The highest BCUT2D eigenvalue weighted by atomic mass is 32.1. The van der Waals surface area contributed by atoms with Gasteiger partial charge in [0.1, 0.15) is 5.75 Å². The van der Waals surface area contributed by atoms with Gasteiger partial charge in [0.25, 0.3) is 0 Å². The van der Waals surface area contributed by atoms with E-state index < -0.39 is 0 Å². The molecule has 0 saturated heterocycles. The van der Waals surface area contributed by atoms with Crippen LogP contribution in [0.25, 0.3) is 20.2 Å². The van der Waals surface area contributed by atoms with Crippen LogP contribution in [0.15, 0.2) is 35.1 Å². The van der Waals surface area contributed by atoms with Crippen LogP contribution in [0.4, 0.5) is 0 Å². The highest BCUT2D eigenvalue weighted by Gasteiger charge is 2.12. The second-order valence-corrected chi connectivity index (χ2v) is 7.41. The molecule has 1 heterocycles. The van der Waals surface area contributed by atoms with E-state index in [4.69, 9.17) is 4.74 Å². The van der Waals surface area contributed by atoms with Crippen LogP contribution in [-0.4, -0.2) is 25.4 Å². The first-order chi connectivity index (χ1) is 12.9. The molecule has 3 rings (SSSR count). The van der Waals surface area contributed by atoms with Gasteiger partial charge >= 0.3 is 5.97 Å². The quantitative estimate of drug-likeness (QED) is 0.381. The summed E-state index contributed by atoms with van der Waals surface area (Å²) in [6, 6.07) is 9.62. The largest absolute Gasteiger partial charge is 0.496 e. The molecule has 144 valence electrons. The highest BCUT2D eigenvalue weighted by molar-refractivity contribution is 7.80. The molecule has 0 aliphatic rings. The minimum Gasteiger partial charge on any atom is -0.496 e.